The number of nitrogens with one attached hydrogen (secondary N) is 1. The van der Waals surface area contributed by atoms with Gasteiger partial charge in [0, 0.05) is 37.9 Å². The summed E-state index contributed by atoms with van der Waals surface area (Å²) in [6, 6.07) is 9.26. The first-order valence-electron chi connectivity index (χ1n) is 10.8. The number of aryl methyl sites for hydroxylation is 1. The average molecular weight is 440 g/mol. The number of amides is 1. The summed E-state index contributed by atoms with van der Waals surface area (Å²) in [5.74, 6) is -1.34. The van der Waals surface area contributed by atoms with Crippen molar-refractivity contribution in [1.29, 1.82) is 0 Å². The highest BCUT2D eigenvalue weighted by atomic mass is 19.1. The Hall–Kier alpha value is -3.13. The monoisotopic (exact) mass is 439 g/mol. The summed E-state index contributed by atoms with van der Waals surface area (Å²) >= 11 is 0. The molecule has 32 heavy (non-hydrogen) atoms. The number of aromatic nitrogens is 3. The molecule has 8 heteroatoms. The molecule has 0 aliphatic carbocycles. The summed E-state index contributed by atoms with van der Waals surface area (Å²) in [6.45, 7) is 8.09. The van der Waals surface area contributed by atoms with Crippen molar-refractivity contribution >= 4 is 5.91 Å². The molecule has 1 aliphatic rings. The van der Waals surface area contributed by atoms with Crippen molar-refractivity contribution in [3.05, 3.63) is 76.9 Å². The van der Waals surface area contributed by atoms with Gasteiger partial charge in [-0.15, -0.1) is 0 Å². The Kier molecular flexibility index (Phi) is 6.32. The molecule has 1 amide bonds. The number of carbonyl (C=O) groups excluding carboxylic acids is 1. The summed E-state index contributed by atoms with van der Waals surface area (Å²) in [5, 5.41) is 7.49. The van der Waals surface area contributed by atoms with Crippen LogP contribution in [0.3, 0.4) is 0 Å². The van der Waals surface area contributed by atoms with Gasteiger partial charge in [-0.25, -0.2) is 13.5 Å². The molecule has 1 aromatic carbocycles. The van der Waals surface area contributed by atoms with Gasteiger partial charge in [0.05, 0.1) is 22.6 Å². The molecule has 1 fully saturated rings. The van der Waals surface area contributed by atoms with Crippen LogP contribution in [0.2, 0.25) is 0 Å². The van der Waals surface area contributed by atoms with E-state index in [1.807, 2.05) is 18.2 Å². The van der Waals surface area contributed by atoms with E-state index in [4.69, 9.17) is 0 Å². The second-order valence-corrected chi connectivity index (χ2v) is 8.46. The fourth-order valence-electron chi connectivity index (χ4n) is 4.41. The first kappa shape index (κ1) is 22.1. The Morgan fingerprint density at radius 3 is 2.72 bits per heavy atom. The number of piperidine rings is 1. The summed E-state index contributed by atoms with van der Waals surface area (Å²) in [4.78, 5) is 19.9. The van der Waals surface area contributed by atoms with Crippen LogP contribution in [-0.2, 0) is 6.54 Å². The van der Waals surface area contributed by atoms with E-state index in [2.05, 4.69) is 27.2 Å². The number of hydrogen-bond acceptors (Lipinski definition) is 4. The van der Waals surface area contributed by atoms with Crippen LogP contribution in [0, 0.1) is 31.4 Å². The van der Waals surface area contributed by atoms with E-state index in [1.54, 1.807) is 20.0 Å². The van der Waals surface area contributed by atoms with Crippen molar-refractivity contribution < 1.29 is 13.6 Å². The summed E-state index contributed by atoms with van der Waals surface area (Å²) in [6.07, 6.45) is 2.63. The molecule has 0 spiro atoms. The summed E-state index contributed by atoms with van der Waals surface area (Å²) in [5.41, 5.74) is 2.60. The Morgan fingerprint density at radius 1 is 1.22 bits per heavy atom. The molecular formula is C24H27F2N5O. The zero-order chi connectivity index (χ0) is 22.8. The fraction of sp³-hybridized carbons (Fsp3) is 0.375. The number of halogens is 2. The number of hydrogen-bond donors (Lipinski definition) is 1. The fourth-order valence-corrected chi connectivity index (χ4v) is 4.41. The van der Waals surface area contributed by atoms with E-state index >= 15 is 0 Å². The van der Waals surface area contributed by atoms with Crippen LogP contribution >= 0.6 is 0 Å². The zero-order valence-corrected chi connectivity index (χ0v) is 18.5. The van der Waals surface area contributed by atoms with Gasteiger partial charge >= 0.3 is 0 Å². The van der Waals surface area contributed by atoms with Crippen molar-refractivity contribution in [2.45, 2.75) is 39.8 Å². The average Bonchev–Trinajstić information content (AvgIpc) is 3.04. The van der Waals surface area contributed by atoms with Crippen LogP contribution < -0.4 is 5.32 Å². The second kappa shape index (κ2) is 9.16. The third-order valence-electron chi connectivity index (χ3n) is 6.07. The molecule has 1 saturated heterocycles. The minimum Gasteiger partial charge on any atom is -0.349 e. The highest BCUT2D eigenvalue weighted by Crippen LogP contribution is 2.23. The number of rotatable bonds is 5. The summed E-state index contributed by atoms with van der Waals surface area (Å²) < 4.78 is 28.9. The van der Waals surface area contributed by atoms with E-state index in [9.17, 15) is 13.6 Å². The van der Waals surface area contributed by atoms with E-state index in [-0.39, 0.29) is 23.6 Å². The minimum absolute atomic E-state index is 0.0344. The van der Waals surface area contributed by atoms with Gasteiger partial charge in [0.2, 0.25) is 0 Å². The summed E-state index contributed by atoms with van der Waals surface area (Å²) in [7, 11) is 0. The molecule has 3 aromatic rings. The first-order valence-corrected chi connectivity index (χ1v) is 10.8. The van der Waals surface area contributed by atoms with Crippen molar-refractivity contribution in [3.8, 4) is 5.69 Å². The Bertz CT molecular complexity index is 1120. The molecule has 168 valence electrons. The molecule has 3 heterocycles. The topological polar surface area (TPSA) is 63.1 Å². The molecule has 6 nitrogen and oxygen atoms in total. The molecule has 4 rings (SSSR count). The lowest BCUT2D eigenvalue weighted by Gasteiger charge is -2.37. The zero-order valence-electron chi connectivity index (χ0n) is 18.5. The van der Waals surface area contributed by atoms with Gasteiger partial charge in [-0.1, -0.05) is 13.0 Å². The Labute approximate surface area is 186 Å². The van der Waals surface area contributed by atoms with E-state index in [1.165, 1.54) is 16.8 Å². The smallest absolute Gasteiger partial charge is 0.255 e. The van der Waals surface area contributed by atoms with Crippen molar-refractivity contribution in [3.63, 3.8) is 0 Å². The lowest BCUT2D eigenvalue weighted by atomic mass is 9.93. The van der Waals surface area contributed by atoms with E-state index in [0.29, 0.717) is 17.0 Å². The van der Waals surface area contributed by atoms with Gasteiger partial charge in [0.25, 0.3) is 5.91 Å². The molecule has 0 radical (unpaired) electrons. The third kappa shape index (κ3) is 4.55. The second-order valence-electron chi connectivity index (χ2n) is 8.46. The Morgan fingerprint density at radius 2 is 2.03 bits per heavy atom. The maximum absolute atomic E-state index is 14.3. The predicted octanol–water partition coefficient (Wildman–Crippen LogP) is 3.80. The maximum atomic E-state index is 14.3. The van der Waals surface area contributed by atoms with Gasteiger partial charge < -0.3 is 5.32 Å². The van der Waals surface area contributed by atoms with Gasteiger partial charge in [0.1, 0.15) is 11.5 Å². The van der Waals surface area contributed by atoms with Gasteiger partial charge in [-0.05, 0) is 50.5 Å². The predicted molar refractivity (Wildman–Crippen MR) is 118 cm³/mol. The molecular weight excluding hydrogens is 412 g/mol. The molecule has 2 atom stereocenters. The van der Waals surface area contributed by atoms with Crippen LogP contribution in [0.5, 0.6) is 0 Å². The molecule has 2 aromatic heterocycles. The van der Waals surface area contributed by atoms with Crippen LogP contribution in [0.1, 0.15) is 40.8 Å². The number of benzene rings is 1. The number of pyridine rings is 1. The molecule has 1 N–H and O–H groups in total. The number of likely N-dealkylation sites (tertiary alicyclic amines) is 1. The molecule has 0 bridgehead atoms. The molecule has 1 aliphatic heterocycles. The lowest BCUT2D eigenvalue weighted by molar-refractivity contribution is 0.0858. The van der Waals surface area contributed by atoms with Crippen LogP contribution in [0.25, 0.3) is 5.69 Å². The highest BCUT2D eigenvalue weighted by Gasteiger charge is 2.29. The number of nitrogens with zero attached hydrogens (tertiary/aromatic N) is 4. The van der Waals surface area contributed by atoms with Gasteiger partial charge in [0.15, 0.2) is 5.82 Å². The Balaban J connectivity index is 1.45. The molecule has 2 unspecified atom stereocenters. The van der Waals surface area contributed by atoms with Crippen LogP contribution in [0.15, 0.2) is 42.6 Å². The third-order valence-corrected chi connectivity index (χ3v) is 6.07. The van der Waals surface area contributed by atoms with E-state index in [0.717, 1.165) is 37.8 Å². The molecule has 0 saturated carbocycles. The van der Waals surface area contributed by atoms with Gasteiger partial charge in [-0.3, -0.25) is 14.7 Å². The maximum Gasteiger partial charge on any atom is 0.255 e. The van der Waals surface area contributed by atoms with E-state index < -0.39 is 11.6 Å². The first-order chi connectivity index (χ1) is 15.3. The lowest BCUT2D eigenvalue weighted by Crippen LogP contribution is -2.49. The van der Waals surface area contributed by atoms with Gasteiger partial charge in [-0.2, -0.15) is 5.10 Å². The standard InChI is InChI=1S/C24H27F2N5O/c1-15-13-30(14-19-6-4-5-10-27-19)11-9-21(15)28-24(32)23-16(2)29-31(17(23)3)22-8-7-18(25)12-20(22)26/h4-8,10,12,15,21H,9,11,13-14H2,1-3H3,(H,28,32). The van der Waals surface area contributed by atoms with Crippen molar-refractivity contribution in [1.82, 2.24) is 25.0 Å². The van der Waals surface area contributed by atoms with Crippen molar-refractivity contribution in [2.24, 2.45) is 5.92 Å². The van der Waals surface area contributed by atoms with Crippen LogP contribution in [-0.4, -0.2) is 44.7 Å². The minimum atomic E-state index is -0.726. The quantitative estimate of drug-likeness (QED) is 0.657. The van der Waals surface area contributed by atoms with Crippen LogP contribution in [0.4, 0.5) is 8.78 Å². The highest BCUT2D eigenvalue weighted by molar-refractivity contribution is 5.96. The number of carbonyl (C=O) groups is 1. The largest absolute Gasteiger partial charge is 0.349 e. The normalized spacial score (nSPS) is 19.2. The SMILES string of the molecule is Cc1nn(-c2ccc(F)cc2F)c(C)c1C(=O)NC1CCN(Cc2ccccn2)CC1C. The van der Waals surface area contributed by atoms with Crippen molar-refractivity contribution in [2.75, 3.05) is 13.1 Å².